The van der Waals surface area contributed by atoms with E-state index in [4.69, 9.17) is 0 Å². The van der Waals surface area contributed by atoms with Gasteiger partial charge in [0.05, 0.1) is 16.7 Å². The maximum absolute atomic E-state index is 2.48. The van der Waals surface area contributed by atoms with E-state index in [1.165, 1.54) is 87.1 Å². The lowest BCUT2D eigenvalue weighted by molar-refractivity contribution is 1.18. The van der Waals surface area contributed by atoms with Gasteiger partial charge in [-0.3, -0.25) is 0 Å². The molecule has 0 radical (unpaired) electrons. The predicted molar refractivity (Wildman–Crippen MR) is 256 cm³/mol. The molecule has 0 amide bonds. The Kier molecular flexibility index (Phi) is 7.89. The summed E-state index contributed by atoms with van der Waals surface area (Å²) >= 11 is 0. The van der Waals surface area contributed by atoms with Gasteiger partial charge >= 0.3 is 0 Å². The van der Waals surface area contributed by atoms with E-state index >= 15 is 0 Å². The Bertz CT molecular complexity index is 3590. The molecule has 1 heterocycles. The van der Waals surface area contributed by atoms with Gasteiger partial charge in [-0.25, -0.2) is 0 Å². The molecule has 0 aliphatic carbocycles. The smallest absolute Gasteiger partial charge is 0.0561 e. The standard InChI is InChI=1S/C58H38N2/c1-4-18-40(19-5-1)57-52-27-13-12-25-47(52)48-35-32-43(37-53(48)58(57)41-20-6-2-7-21-41)59(54-30-16-28-46-45-24-11-10-17-39(45)31-34-50(46)54)44-33-36-51-49-26-14-15-29-55(49)60(56(51)38-44)42-22-8-3-9-23-42/h1-38H. The number of hydrogen-bond donors (Lipinski definition) is 0. The van der Waals surface area contributed by atoms with Gasteiger partial charge in [0.2, 0.25) is 0 Å². The Morgan fingerprint density at radius 2 is 0.783 bits per heavy atom. The number of fused-ring (bicyclic) bond motifs is 9. The summed E-state index contributed by atoms with van der Waals surface area (Å²) in [5.74, 6) is 0. The Balaban J connectivity index is 1.20. The normalized spacial score (nSPS) is 11.7. The Morgan fingerprint density at radius 3 is 1.53 bits per heavy atom. The van der Waals surface area contributed by atoms with Gasteiger partial charge in [0.1, 0.15) is 0 Å². The van der Waals surface area contributed by atoms with Crippen LogP contribution in [0.4, 0.5) is 17.1 Å². The van der Waals surface area contributed by atoms with Gasteiger partial charge in [0.15, 0.2) is 0 Å². The zero-order valence-electron chi connectivity index (χ0n) is 32.8. The van der Waals surface area contributed by atoms with Crippen molar-refractivity contribution >= 4 is 82.0 Å². The molecule has 2 nitrogen and oxygen atoms in total. The number of rotatable bonds is 6. The van der Waals surface area contributed by atoms with Crippen molar-refractivity contribution in [3.8, 4) is 27.9 Å². The summed E-state index contributed by atoms with van der Waals surface area (Å²) in [5, 5.41) is 12.3. The highest BCUT2D eigenvalue weighted by Crippen LogP contribution is 2.48. The van der Waals surface area contributed by atoms with Crippen LogP contribution in [0.5, 0.6) is 0 Å². The summed E-state index contributed by atoms with van der Waals surface area (Å²) in [6.45, 7) is 0. The van der Waals surface area contributed by atoms with E-state index in [0.717, 1.165) is 22.7 Å². The topological polar surface area (TPSA) is 8.17 Å². The van der Waals surface area contributed by atoms with Crippen LogP contribution >= 0.6 is 0 Å². The molecular weight excluding hydrogens is 725 g/mol. The molecule has 0 unspecified atom stereocenters. The highest BCUT2D eigenvalue weighted by molar-refractivity contribution is 6.23. The van der Waals surface area contributed by atoms with Crippen molar-refractivity contribution in [2.24, 2.45) is 0 Å². The van der Waals surface area contributed by atoms with Gasteiger partial charge in [0.25, 0.3) is 0 Å². The molecule has 280 valence electrons. The maximum atomic E-state index is 2.48. The number of para-hydroxylation sites is 2. The lowest BCUT2D eigenvalue weighted by Gasteiger charge is -2.28. The van der Waals surface area contributed by atoms with E-state index in [0.29, 0.717) is 0 Å². The second kappa shape index (κ2) is 13.9. The molecule has 0 saturated heterocycles. The molecule has 1 aromatic heterocycles. The molecule has 2 heteroatoms. The van der Waals surface area contributed by atoms with E-state index in [9.17, 15) is 0 Å². The predicted octanol–water partition coefficient (Wildman–Crippen LogP) is 16.2. The first-order chi connectivity index (χ1) is 29.8. The second-order valence-electron chi connectivity index (χ2n) is 15.6. The van der Waals surface area contributed by atoms with Gasteiger partial charge in [-0.2, -0.15) is 0 Å². The van der Waals surface area contributed by atoms with Crippen molar-refractivity contribution in [1.29, 1.82) is 0 Å². The van der Waals surface area contributed by atoms with Crippen LogP contribution in [0, 0.1) is 0 Å². The van der Waals surface area contributed by atoms with E-state index in [1.54, 1.807) is 0 Å². The van der Waals surface area contributed by atoms with Crippen LogP contribution < -0.4 is 4.90 Å². The monoisotopic (exact) mass is 762 g/mol. The molecule has 11 aromatic carbocycles. The number of aromatic nitrogens is 1. The van der Waals surface area contributed by atoms with Crippen LogP contribution in [0.3, 0.4) is 0 Å². The van der Waals surface area contributed by atoms with Crippen LogP contribution in [0.1, 0.15) is 0 Å². The Morgan fingerprint density at radius 1 is 0.283 bits per heavy atom. The number of benzene rings is 11. The van der Waals surface area contributed by atoms with Gasteiger partial charge in [0, 0.05) is 33.2 Å². The van der Waals surface area contributed by atoms with Crippen molar-refractivity contribution in [2.45, 2.75) is 0 Å². The minimum Gasteiger partial charge on any atom is -0.310 e. The average Bonchev–Trinajstić information content (AvgIpc) is 3.65. The third-order valence-electron chi connectivity index (χ3n) is 12.3. The van der Waals surface area contributed by atoms with Gasteiger partial charge in [-0.1, -0.05) is 182 Å². The largest absolute Gasteiger partial charge is 0.310 e. The third kappa shape index (κ3) is 5.35. The molecule has 0 atom stereocenters. The van der Waals surface area contributed by atoms with E-state index in [1.807, 2.05) is 0 Å². The quantitative estimate of drug-likeness (QED) is 0.153. The molecule has 0 N–H and O–H groups in total. The van der Waals surface area contributed by atoms with Gasteiger partial charge in [-0.05, 0) is 108 Å². The van der Waals surface area contributed by atoms with E-state index in [2.05, 4.69) is 240 Å². The van der Waals surface area contributed by atoms with Crippen molar-refractivity contribution < 1.29 is 0 Å². The summed E-state index contributed by atoms with van der Waals surface area (Å²) in [4.78, 5) is 2.48. The van der Waals surface area contributed by atoms with Crippen LogP contribution in [0.2, 0.25) is 0 Å². The zero-order valence-corrected chi connectivity index (χ0v) is 32.8. The summed E-state index contributed by atoms with van der Waals surface area (Å²) in [7, 11) is 0. The highest BCUT2D eigenvalue weighted by atomic mass is 15.1. The molecular formula is C58H38N2. The molecule has 0 bridgehead atoms. The van der Waals surface area contributed by atoms with Crippen molar-refractivity contribution in [1.82, 2.24) is 4.57 Å². The fraction of sp³-hybridized carbons (Fsp3) is 0. The fourth-order valence-corrected chi connectivity index (χ4v) is 9.73. The highest BCUT2D eigenvalue weighted by Gasteiger charge is 2.23. The summed E-state index contributed by atoms with van der Waals surface area (Å²) in [6.07, 6.45) is 0. The first-order valence-electron chi connectivity index (χ1n) is 20.7. The lowest BCUT2D eigenvalue weighted by atomic mass is 9.85. The summed E-state index contributed by atoms with van der Waals surface area (Å²) < 4.78 is 2.41. The second-order valence-corrected chi connectivity index (χ2v) is 15.6. The van der Waals surface area contributed by atoms with Gasteiger partial charge < -0.3 is 9.47 Å². The van der Waals surface area contributed by atoms with E-state index in [-0.39, 0.29) is 0 Å². The minimum absolute atomic E-state index is 1.09. The molecule has 0 aliphatic heterocycles. The first kappa shape index (κ1) is 34.1. The molecule has 12 aromatic rings. The average molecular weight is 763 g/mol. The Labute approximate surface area is 348 Å². The molecule has 0 aliphatic rings. The summed E-state index contributed by atoms with van der Waals surface area (Å²) in [6, 6.07) is 84.4. The Hall–Kier alpha value is -7.94. The van der Waals surface area contributed by atoms with Crippen LogP contribution in [0.15, 0.2) is 231 Å². The van der Waals surface area contributed by atoms with Crippen molar-refractivity contribution in [2.75, 3.05) is 4.90 Å². The van der Waals surface area contributed by atoms with E-state index < -0.39 is 0 Å². The van der Waals surface area contributed by atoms with Gasteiger partial charge in [-0.15, -0.1) is 0 Å². The molecule has 0 saturated carbocycles. The lowest BCUT2D eigenvalue weighted by Crippen LogP contribution is -2.11. The number of nitrogens with zero attached hydrogens (tertiary/aromatic N) is 2. The van der Waals surface area contributed by atoms with Crippen molar-refractivity contribution in [3.05, 3.63) is 231 Å². The zero-order chi connectivity index (χ0) is 39.6. The summed E-state index contributed by atoms with van der Waals surface area (Å²) in [5.41, 5.74) is 11.7. The van der Waals surface area contributed by atoms with Crippen LogP contribution in [0.25, 0.3) is 92.8 Å². The number of hydrogen-bond acceptors (Lipinski definition) is 1. The maximum Gasteiger partial charge on any atom is 0.0561 e. The number of anilines is 3. The SMILES string of the molecule is c1ccc(-c2c(-c3ccccc3)c3cc(N(c4ccc5c6ccccc6n(-c6ccccc6)c5c4)c4cccc5c4ccc4ccccc45)ccc3c3ccccc23)cc1. The van der Waals surface area contributed by atoms with Crippen LogP contribution in [-0.2, 0) is 0 Å². The third-order valence-corrected chi connectivity index (χ3v) is 12.3. The molecule has 0 spiro atoms. The minimum atomic E-state index is 1.09. The molecule has 0 fully saturated rings. The van der Waals surface area contributed by atoms with Crippen LogP contribution in [-0.4, -0.2) is 4.57 Å². The van der Waals surface area contributed by atoms with Crippen molar-refractivity contribution in [3.63, 3.8) is 0 Å². The fourth-order valence-electron chi connectivity index (χ4n) is 9.73. The first-order valence-corrected chi connectivity index (χ1v) is 20.7. The molecule has 12 rings (SSSR count). The molecule has 60 heavy (non-hydrogen) atoms.